The van der Waals surface area contributed by atoms with E-state index in [2.05, 4.69) is 47.2 Å². The van der Waals surface area contributed by atoms with Crippen molar-refractivity contribution in [2.75, 3.05) is 13.2 Å². The van der Waals surface area contributed by atoms with Gasteiger partial charge in [0.25, 0.3) is 0 Å². The summed E-state index contributed by atoms with van der Waals surface area (Å²) in [6.07, 6.45) is 1.05. The molecule has 82 valence electrons. The lowest BCUT2D eigenvalue weighted by Crippen LogP contribution is -2.27. The molecule has 1 aliphatic heterocycles. The Kier molecular flexibility index (Phi) is 3.32. The Morgan fingerprint density at radius 2 is 2.33 bits per heavy atom. The Balaban J connectivity index is 2.41. The summed E-state index contributed by atoms with van der Waals surface area (Å²) in [6.45, 7) is 6.04. The standard InChI is InChI=1S/C12H16BrNO/c1-3-14-11-4-5-15-12-8(2)6-9(13)7-10(11)12/h6-7,11,14H,3-5H2,1-2H3. The molecule has 0 bridgehead atoms. The van der Waals surface area contributed by atoms with Crippen LogP contribution in [-0.4, -0.2) is 13.2 Å². The van der Waals surface area contributed by atoms with E-state index in [0.29, 0.717) is 6.04 Å². The van der Waals surface area contributed by atoms with Gasteiger partial charge in [0.2, 0.25) is 0 Å². The molecule has 0 aliphatic carbocycles. The summed E-state index contributed by atoms with van der Waals surface area (Å²) < 4.78 is 6.86. The van der Waals surface area contributed by atoms with Crippen LogP contribution < -0.4 is 10.1 Å². The molecular formula is C12H16BrNO. The first-order chi connectivity index (χ1) is 7.22. The SMILES string of the molecule is CCNC1CCOc2c(C)cc(Br)cc21. The van der Waals surface area contributed by atoms with Crippen molar-refractivity contribution in [1.29, 1.82) is 0 Å². The van der Waals surface area contributed by atoms with Crippen LogP contribution in [0.5, 0.6) is 5.75 Å². The highest BCUT2D eigenvalue weighted by Gasteiger charge is 2.22. The molecule has 0 fully saturated rings. The molecule has 0 saturated heterocycles. The van der Waals surface area contributed by atoms with Crippen LogP contribution in [-0.2, 0) is 0 Å². The van der Waals surface area contributed by atoms with E-state index in [1.807, 2.05) is 0 Å². The number of benzene rings is 1. The fourth-order valence-electron chi connectivity index (χ4n) is 2.10. The van der Waals surface area contributed by atoms with E-state index in [4.69, 9.17) is 4.74 Å². The molecule has 1 unspecified atom stereocenters. The van der Waals surface area contributed by atoms with Crippen LogP contribution in [0.4, 0.5) is 0 Å². The minimum Gasteiger partial charge on any atom is -0.493 e. The molecule has 15 heavy (non-hydrogen) atoms. The van der Waals surface area contributed by atoms with Gasteiger partial charge in [0.1, 0.15) is 5.75 Å². The second kappa shape index (κ2) is 4.54. The first-order valence-electron chi connectivity index (χ1n) is 5.38. The summed E-state index contributed by atoms with van der Waals surface area (Å²) >= 11 is 3.54. The van der Waals surface area contributed by atoms with E-state index < -0.39 is 0 Å². The minimum absolute atomic E-state index is 0.440. The molecule has 0 amide bonds. The van der Waals surface area contributed by atoms with Crippen LogP contribution >= 0.6 is 15.9 Å². The monoisotopic (exact) mass is 269 g/mol. The van der Waals surface area contributed by atoms with Crippen LogP contribution in [0.2, 0.25) is 0 Å². The van der Waals surface area contributed by atoms with Crippen LogP contribution in [0.15, 0.2) is 16.6 Å². The van der Waals surface area contributed by atoms with E-state index in [-0.39, 0.29) is 0 Å². The van der Waals surface area contributed by atoms with Crippen molar-refractivity contribution in [3.8, 4) is 5.75 Å². The predicted octanol–water partition coefficient (Wildman–Crippen LogP) is 3.19. The molecule has 2 nitrogen and oxygen atoms in total. The Morgan fingerprint density at radius 3 is 3.07 bits per heavy atom. The third-order valence-corrected chi connectivity index (χ3v) is 3.20. The topological polar surface area (TPSA) is 21.3 Å². The van der Waals surface area contributed by atoms with Gasteiger partial charge in [0.15, 0.2) is 0 Å². The van der Waals surface area contributed by atoms with Gasteiger partial charge in [-0.3, -0.25) is 0 Å². The summed E-state index contributed by atoms with van der Waals surface area (Å²) in [6, 6.07) is 4.71. The largest absolute Gasteiger partial charge is 0.493 e. The summed E-state index contributed by atoms with van der Waals surface area (Å²) in [5.41, 5.74) is 2.50. The zero-order valence-electron chi connectivity index (χ0n) is 9.14. The predicted molar refractivity (Wildman–Crippen MR) is 65.4 cm³/mol. The molecule has 0 radical (unpaired) electrons. The first-order valence-corrected chi connectivity index (χ1v) is 6.18. The average molecular weight is 270 g/mol. The van der Waals surface area contributed by atoms with E-state index in [1.165, 1.54) is 11.1 Å². The highest BCUT2D eigenvalue weighted by molar-refractivity contribution is 9.10. The van der Waals surface area contributed by atoms with Gasteiger partial charge in [0.05, 0.1) is 6.61 Å². The molecule has 0 spiro atoms. The second-order valence-corrected chi connectivity index (χ2v) is 4.80. The number of hydrogen-bond donors (Lipinski definition) is 1. The van der Waals surface area contributed by atoms with Crippen LogP contribution in [0, 0.1) is 6.92 Å². The molecule has 2 rings (SSSR count). The van der Waals surface area contributed by atoms with Gasteiger partial charge in [-0.25, -0.2) is 0 Å². The molecular weight excluding hydrogens is 254 g/mol. The summed E-state index contributed by atoms with van der Waals surface area (Å²) in [5, 5.41) is 3.49. The first kappa shape index (κ1) is 11.0. The van der Waals surface area contributed by atoms with Gasteiger partial charge in [-0.2, -0.15) is 0 Å². The third kappa shape index (κ3) is 2.18. The van der Waals surface area contributed by atoms with Gasteiger partial charge < -0.3 is 10.1 Å². The third-order valence-electron chi connectivity index (χ3n) is 2.75. The number of rotatable bonds is 2. The Hall–Kier alpha value is -0.540. The van der Waals surface area contributed by atoms with E-state index in [1.54, 1.807) is 0 Å². The fraction of sp³-hybridized carbons (Fsp3) is 0.500. The van der Waals surface area contributed by atoms with Gasteiger partial charge in [-0.05, 0) is 31.2 Å². The summed E-state index contributed by atoms with van der Waals surface area (Å²) in [5.74, 6) is 1.07. The number of hydrogen-bond acceptors (Lipinski definition) is 2. The molecule has 1 heterocycles. The molecule has 3 heteroatoms. The highest BCUT2D eigenvalue weighted by atomic mass is 79.9. The van der Waals surface area contributed by atoms with Crippen LogP contribution in [0.1, 0.15) is 30.5 Å². The maximum absolute atomic E-state index is 5.72. The van der Waals surface area contributed by atoms with E-state index >= 15 is 0 Å². The minimum atomic E-state index is 0.440. The average Bonchev–Trinajstić information content (AvgIpc) is 2.19. The van der Waals surface area contributed by atoms with Gasteiger partial charge in [-0.1, -0.05) is 22.9 Å². The Bertz CT molecular complexity index is 365. The lowest BCUT2D eigenvalue weighted by Gasteiger charge is -2.28. The molecule has 0 aromatic heterocycles. The molecule has 1 aromatic rings. The lowest BCUT2D eigenvalue weighted by atomic mass is 9.98. The summed E-state index contributed by atoms with van der Waals surface area (Å²) in [7, 11) is 0. The van der Waals surface area contributed by atoms with E-state index in [0.717, 1.165) is 29.8 Å². The lowest BCUT2D eigenvalue weighted by molar-refractivity contribution is 0.252. The van der Waals surface area contributed by atoms with Crippen molar-refractivity contribution in [2.24, 2.45) is 0 Å². The van der Waals surface area contributed by atoms with Gasteiger partial charge in [-0.15, -0.1) is 0 Å². The van der Waals surface area contributed by atoms with Crippen LogP contribution in [0.3, 0.4) is 0 Å². The number of fused-ring (bicyclic) bond motifs is 1. The quantitative estimate of drug-likeness (QED) is 0.891. The normalized spacial score (nSPS) is 19.5. The molecule has 0 saturated carbocycles. The molecule has 1 aromatic carbocycles. The van der Waals surface area contributed by atoms with Gasteiger partial charge >= 0.3 is 0 Å². The maximum atomic E-state index is 5.72. The highest BCUT2D eigenvalue weighted by Crippen LogP contribution is 2.36. The molecule has 1 N–H and O–H groups in total. The number of aryl methyl sites for hydroxylation is 1. The van der Waals surface area contributed by atoms with E-state index in [9.17, 15) is 0 Å². The van der Waals surface area contributed by atoms with Crippen molar-refractivity contribution in [3.63, 3.8) is 0 Å². The zero-order chi connectivity index (χ0) is 10.8. The van der Waals surface area contributed by atoms with Crippen molar-refractivity contribution < 1.29 is 4.74 Å². The number of ether oxygens (including phenoxy) is 1. The smallest absolute Gasteiger partial charge is 0.127 e. The van der Waals surface area contributed by atoms with Crippen molar-refractivity contribution in [2.45, 2.75) is 26.3 Å². The number of nitrogens with one attached hydrogen (secondary N) is 1. The van der Waals surface area contributed by atoms with Crippen molar-refractivity contribution in [3.05, 3.63) is 27.7 Å². The second-order valence-electron chi connectivity index (χ2n) is 3.89. The van der Waals surface area contributed by atoms with Crippen LogP contribution in [0.25, 0.3) is 0 Å². The van der Waals surface area contributed by atoms with Crippen molar-refractivity contribution in [1.82, 2.24) is 5.32 Å². The Morgan fingerprint density at radius 1 is 1.53 bits per heavy atom. The Labute approximate surface area is 99.1 Å². The summed E-state index contributed by atoms with van der Waals surface area (Å²) in [4.78, 5) is 0. The maximum Gasteiger partial charge on any atom is 0.127 e. The van der Waals surface area contributed by atoms with Gasteiger partial charge in [0, 0.05) is 22.5 Å². The zero-order valence-corrected chi connectivity index (χ0v) is 10.7. The molecule has 1 aliphatic rings. The van der Waals surface area contributed by atoms with Crippen molar-refractivity contribution >= 4 is 15.9 Å². The number of halogens is 1. The fourth-order valence-corrected chi connectivity index (χ4v) is 2.69. The molecule has 1 atom stereocenters.